The van der Waals surface area contributed by atoms with Gasteiger partial charge in [0.15, 0.2) is 11.5 Å². The van der Waals surface area contributed by atoms with Crippen molar-refractivity contribution in [3.05, 3.63) is 23.8 Å². The molecular weight excluding hydrogens is 244 g/mol. The highest BCUT2D eigenvalue weighted by Gasteiger charge is 2.23. The minimum atomic E-state index is 0.222. The van der Waals surface area contributed by atoms with E-state index in [4.69, 9.17) is 19.9 Å². The third-order valence-corrected chi connectivity index (χ3v) is 3.66. The average Bonchev–Trinajstić information content (AvgIpc) is 2.49. The van der Waals surface area contributed by atoms with E-state index in [-0.39, 0.29) is 6.04 Å². The fraction of sp³-hybridized carbons (Fsp3) is 0.571. The standard InChI is InChI=1S/C14H20N2O3/c15-10-12(16-3-5-17-6-4-16)11-1-2-13-14(9-11)19-8-7-18-13/h1-2,9,12H,3-8,10,15H2. The number of nitrogens with two attached hydrogens (primary N) is 1. The van der Waals surface area contributed by atoms with E-state index >= 15 is 0 Å². The van der Waals surface area contributed by atoms with Crippen LogP contribution in [0.5, 0.6) is 11.5 Å². The summed E-state index contributed by atoms with van der Waals surface area (Å²) in [6, 6.07) is 6.34. The molecule has 1 aromatic carbocycles. The molecule has 1 aromatic rings. The van der Waals surface area contributed by atoms with Gasteiger partial charge in [0, 0.05) is 25.7 Å². The molecule has 0 amide bonds. The predicted octanol–water partition coefficient (Wildman–Crippen LogP) is 0.790. The first kappa shape index (κ1) is 12.7. The zero-order chi connectivity index (χ0) is 13.1. The molecule has 0 saturated carbocycles. The van der Waals surface area contributed by atoms with Crippen molar-refractivity contribution in [2.45, 2.75) is 6.04 Å². The maximum absolute atomic E-state index is 5.96. The van der Waals surface area contributed by atoms with Crippen molar-refractivity contribution >= 4 is 0 Å². The van der Waals surface area contributed by atoms with Gasteiger partial charge in [-0.1, -0.05) is 6.07 Å². The highest BCUT2D eigenvalue weighted by Crippen LogP contribution is 2.34. The molecule has 0 radical (unpaired) electrons. The van der Waals surface area contributed by atoms with Crippen molar-refractivity contribution in [3.63, 3.8) is 0 Å². The van der Waals surface area contributed by atoms with Crippen LogP contribution in [0.25, 0.3) is 0 Å². The number of ether oxygens (including phenoxy) is 3. The first-order valence-corrected chi connectivity index (χ1v) is 6.80. The molecule has 3 rings (SSSR count). The molecule has 1 saturated heterocycles. The van der Waals surface area contributed by atoms with Crippen molar-refractivity contribution in [1.82, 2.24) is 4.90 Å². The minimum Gasteiger partial charge on any atom is -0.486 e. The number of nitrogens with zero attached hydrogens (tertiary/aromatic N) is 1. The van der Waals surface area contributed by atoms with E-state index in [1.54, 1.807) is 0 Å². The molecule has 2 heterocycles. The van der Waals surface area contributed by atoms with E-state index in [9.17, 15) is 0 Å². The van der Waals surface area contributed by atoms with Crippen LogP contribution in [0.3, 0.4) is 0 Å². The maximum Gasteiger partial charge on any atom is 0.161 e. The van der Waals surface area contributed by atoms with Gasteiger partial charge in [-0.25, -0.2) is 0 Å². The van der Waals surface area contributed by atoms with Gasteiger partial charge in [-0.15, -0.1) is 0 Å². The largest absolute Gasteiger partial charge is 0.486 e. The molecule has 2 N–H and O–H groups in total. The highest BCUT2D eigenvalue weighted by molar-refractivity contribution is 5.44. The Morgan fingerprint density at radius 3 is 2.53 bits per heavy atom. The molecule has 1 unspecified atom stereocenters. The van der Waals surface area contributed by atoms with Gasteiger partial charge in [-0.3, -0.25) is 4.90 Å². The molecule has 19 heavy (non-hydrogen) atoms. The zero-order valence-corrected chi connectivity index (χ0v) is 11.0. The monoisotopic (exact) mass is 264 g/mol. The van der Waals surface area contributed by atoms with Crippen LogP contribution in [0.1, 0.15) is 11.6 Å². The summed E-state index contributed by atoms with van der Waals surface area (Å²) in [6.07, 6.45) is 0. The molecule has 5 heteroatoms. The fourth-order valence-corrected chi connectivity index (χ4v) is 2.65. The van der Waals surface area contributed by atoms with Crippen LogP contribution in [0.2, 0.25) is 0 Å². The van der Waals surface area contributed by atoms with E-state index in [1.807, 2.05) is 6.07 Å². The molecule has 1 fully saturated rings. The molecule has 1 atom stereocenters. The van der Waals surface area contributed by atoms with Crippen LogP contribution in [0.15, 0.2) is 18.2 Å². The molecule has 0 spiro atoms. The molecular formula is C14H20N2O3. The molecule has 5 nitrogen and oxygen atoms in total. The van der Waals surface area contributed by atoms with Gasteiger partial charge in [0.25, 0.3) is 0 Å². The summed E-state index contributed by atoms with van der Waals surface area (Å²) >= 11 is 0. The second-order valence-electron chi connectivity index (χ2n) is 4.80. The number of hydrogen-bond donors (Lipinski definition) is 1. The van der Waals surface area contributed by atoms with Gasteiger partial charge < -0.3 is 19.9 Å². The second-order valence-corrected chi connectivity index (χ2v) is 4.80. The van der Waals surface area contributed by atoms with Gasteiger partial charge in [0.2, 0.25) is 0 Å². The second kappa shape index (κ2) is 5.77. The minimum absolute atomic E-state index is 0.222. The fourth-order valence-electron chi connectivity index (χ4n) is 2.65. The SMILES string of the molecule is NCC(c1ccc2c(c1)OCCO2)N1CCOCC1. The Kier molecular flexibility index (Phi) is 3.87. The molecule has 0 bridgehead atoms. The Morgan fingerprint density at radius 1 is 1.05 bits per heavy atom. The van der Waals surface area contributed by atoms with Gasteiger partial charge in [0.05, 0.1) is 13.2 Å². The molecule has 0 aliphatic carbocycles. The van der Waals surface area contributed by atoms with Crippen molar-refractivity contribution < 1.29 is 14.2 Å². The van der Waals surface area contributed by atoms with Gasteiger partial charge in [-0.2, -0.15) is 0 Å². The predicted molar refractivity (Wildman–Crippen MR) is 71.6 cm³/mol. The summed E-state index contributed by atoms with van der Waals surface area (Å²) in [5, 5.41) is 0. The summed E-state index contributed by atoms with van der Waals surface area (Å²) in [5.41, 5.74) is 7.15. The topological polar surface area (TPSA) is 57.0 Å². The summed E-state index contributed by atoms with van der Waals surface area (Å²) in [6.45, 7) is 5.24. The van der Waals surface area contributed by atoms with Crippen LogP contribution in [0.4, 0.5) is 0 Å². The third kappa shape index (κ3) is 2.68. The maximum atomic E-state index is 5.96. The highest BCUT2D eigenvalue weighted by atomic mass is 16.6. The van der Waals surface area contributed by atoms with Crippen LogP contribution in [-0.2, 0) is 4.74 Å². The number of rotatable bonds is 3. The van der Waals surface area contributed by atoms with Gasteiger partial charge in [-0.05, 0) is 17.7 Å². The van der Waals surface area contributed by atoms with Gasteiger partial charge >= 0.3 is 0 Å². The molecule has 104 valence electrons. The third-order valence-electron chi connectivity index (χ3n) is 3.66. The zero-order valence-electron chi connectivity index (χ0n) is 11.0. The lowest BCUT2D eigenvalue weighted by Gasteiger charge is -2.34. The van der Waals surface area contributed by atoms with Crippen molar-refractivity contribution in [2.24, 2.45) is 5.73 Å². The summed E-state index contributed by atoms with van der Waals surface area (Å²) in [5.74, 6) is 1.66. The van der Waals surface area contributed by atoms with E-state index in [0.717, 1.165) is 37.8 Å². The van der Waals surface area contributed by atoms with E-state index in [0.29, 0.717) is 19.8 Å². The van der Waals surface area contributed by atoms with Gasteiger partial charge in [0.1, 0.15) is 13.2 Å². The van der Waals surface area contributed by atoms with Crippen LogP contribution in [-0.4, -0.2) is 51.0 Å². The summed E-state index contributed by atoms with van der Waals surface area (Å²) in [7, 11) is 0. The first-order valence-electron chi connectivity index (χ1n) is 6.80. The first-order chi connectivity index (χ1) is 9.38. The Morgan fingerprint density at radius 2 is 1.79 bits per heavy atom. The van der Waals surface area contributed by atoms with Crippen LogP contribution >= 0.6 is 0 Å². The molecule has 2 aliphatic heterocycles. The van der Waals surface area contributed by atoms with E-state index in [1.165, 1.54) is 5.56 Å². The van der Waals surface area contributed by atoms with Crippen molar-refractivity contribution in [3.8, 4) is 11.5 Å². The Hall–Kier alpha value is -1.30. The molecule has 0 aromatic heterocycles. The Balaban J connectivity index is 1.82. The number of morpholine rings is 1. The Labute approximate surface area is 113 Å². The number of hydrogen-bond acceptors (Lipinski definition) is 5. The number of fused-ring (bicyclic) bond motifs is 1. The Bertz CT molecular complexity index is 433. The molecule has 2 aliphatic rings. The quantitative estimate of drug-likeness (QED) is 0.874. The normalized spacial score (nSPS) is 21.1. The average molecular weight is 264 g/mol. The summed E-state index contributed by atoms with van der Waals surface area (Å²) in [4.78, 5) is 2.37. The van der Waals surface area contributed by atoms with E-state index < -0.39 is 0 Å². The lowest BCUT2D eigenvalue weighted by Crippen LogP contribution is -2.41. The van der Waals surface area contributed by atoms with Crippen LogP contribution < -0.4 is 15.2 Å². The van der Waals surface area contributed by atoms with Crippen molar-refractivity contribution in [1.29, 1.82) is 0 Å². The lowest BCUT2D eigenvalue weighted by molar-refractivity contribution is 0.0178. The van der Waals surface area contributed by atoms with Crippen LogP contribution in [0, 0.1) is 0 Å². The van der Waals surface area contributed by atoms with E-state index in [2.05, 4.69) is 17.0 Å². The lowest BCUT2D eigenvalue weighted by atomic mass is 10.0. The van der Waals surface area contributed by atoms with Crippen molar-refractivity contribution in [2.75, 3.05) is 46.1 Å². The number of benzene rings is 1. The smallest absolute Gasteiger partial charge is 0.161 e. The summed E-state index contributed by atoms with van der Waals surface area (Å²) < 4.78 is 16.6.